The Labute approximate surface area is 242 Å². The van der Waals surface area contributed by atoms with Crippen molar-refractivity contribution in [1.29, 1.82) is 0 Å². The standard InChI is InChI=1S/C31H29ClFN5O3/c1-2-37-29(38-13-12-28(39)35-31(38)40)15-34-30(37)21-8-9-22-17-36(18-23(22)14-21)16-20-6-10-24(11-7-20)41-19-25-26(32)4-3-5-27(25)33/h3-11,14-15H,2,12-13,16-19H2,1H3,(H,35,39,40). The summed E-state index contributed by atoms with van der Waals surface area (Å²) in [4.78, 5) is 32.6. The lowest BCUT2D eigenvalue weighted by molar-refractivity contribution is -0.120. The zero-order chi connectivity index (χ0) is 28.5. The van der Waals surface area contributed by atoms with Gasteiger partial charge in [-0.25, -0.2) is 14.2 Å². The maximum Gasteiger partial charge on any atom is 0.329 e. The molecule has 1 aromatic heterocycles. The van der Waals surface area contributed by atoms with E-state index >= 15 is 0 Å². The summed E-state index contributed by atoms with van der Waals surface area (Å²) in [7, 11) is 0. The van der Waals surface area contributed by atoms with Gasteiger partial charge in [0, 0.05) is 50.3 Å². The molecule has 8 nitrogen and oxygen atoms in total. The number of imide groups is 1. The third-order valence-electron chi connectivity index (χ3n) is 7.51. The van der Waals surface area contributed by atoms with E-state index in [1.165, 1.54) is 17.2 Å². The molecule has 0 unspecified atom stereocenters. The van der Waals surface area contributed by atoms with E-state index in [1.807, 2.05) is 35.8 Å². The molecule has 3 heterocycles. The van der Waals surface area contributed by atoms with Gasteiger partial charge < -0.3 is 9.30 Å². The van der Waals surface area contributed by atoms with Crippen LogP contribution in [-0.2, 0) is 37.6 Å². The number of imidazole rings is 1. The van der Waals surface area contributed by atoms with Gasteiger partial charge in [-0.1, -0.05) is 41.9 Å². The maximum atomic E-state index is 14.0. The minimum absolute atomic E-state index is 0.0668. The van der Waals surface area contributed by atoms with Crippen LogP contribution in [-0.4, -0.2) is 32.9 Å². The Morgan fingerprint density at radius 3 is 2.61 bits per heavy atom. The van der Waals surface area contributed by atoms with E-state index in [1.54, 1.807) is 23.2 Å². The average Bonchev–Trinajstić information content (AvgIpc) is 3.56. The highest BCUT2D eigenvalue weighted by Crippen LogP contribution is 2.32. The molecule has 3 amide bonds. The first-order valence-corrected chi connectivity index (χ1v) is 13.9. The number of hydrogen-bond donors (Lipinski definition) is 1. The number of carbonyl (C=O) groups excluding carboxylic acids is 2. The van der Waals surface area contributed by atoms with Crippen LogP contribution in [0.25, 0.3) is 11.4 Å². The molecule has 0 radical (unpaired) electrons. The summed E-state index contributed by atoms with van der Waals surface area (Å²) in [6.07, 6.45) is 1.97. The highest BCUT2D eigenvalue weighted by Gasteiger charge is 2.28. The van der Waals surface area contributed by atoms with E-state index < -0.39 is 6.03 Å². The summed E-state index contributed by atoms with van der Waals surface area (Å²) in [5, 5.41) is 2.73. The number of nitrogens with one attached hydrogen (secondary N) is 1. The number of ether oxygens (including phenoxy) is 1. The molecule has 1 N–H and O–H groups in total. The van der Waals surface area contributed by atoms with Crippen molar-refractivity contribution in [1.82, 2.24) is 19.8 Å². The van der Waals surface area contributed by atoms with Crippen LogP contribution in [0.1, 0.15) is 35.6 Å². The Morgan fingerprint density at radius 2 is 1.85 bits per heavy atom. The molecular formula is C31H29ClFN5O3. The highest BCUT2D eigenvalue weighted by molar-refractivity contribution is 6.31. The number of anilines is 1. The quantitative estimate of drug-likeness (QED) is 0.284. The molecule has 41 heavy (non-hydrogen) atoms. The number of halogens is 2. The van der Waals surface area contributed by atoms with Crippen LogP contribution < -0.4 is 15.0 Å². The predicted molar refractivity (Wildman–Crippen MR) is 154 cm³/mol. The Balaban J connectivity index is 1.11. The van der Waals surface area contributed by atoms with Crippen LogP contribution in [0.15, 0.2) is 66.9 Å². The highest BCUT2D eigenvalue weighted by atomic mass is 35.5. The molecule has 0 atom stereocenters. The van der Waals surface area contributed by atoms with E-state index in [4.69, 9.17) is 16.3 Å². The summed E-state index contributed by atoms with van der Waals surface area (Å²) in [5.74, 6) is 1.49. The number of amides is 3. The summed E-state index contributed by atoms with van der Waals surface area (Å²) >= 11 is 6.10. The van der Waals surface area contributed by atoms with E-state index in [0.29, 0.717) is 35.2 Å². The first-order chi connectivity index (χ1) is 19.9. The minimum Gasteiger partial charge on any atom is -0.489 e. The summed E-state index contributed by atoms with van der Waals surface area (Å²) < 4.78 is 21.8. The third kappa shape index (κ3) is 5.55. The van der Waals surface area contributed by atoms with E-state index in [2.05, 4.69) is 33.4 Å². The molecular weight excluding hydrogens is 545 g/mol. The SMILES string of the molecule is CCn1c(N2CCC(=O)NC2=O)cnc1-c1ccc2c(c1)CN(Cc1ccc(OCc3c(F)cccc3Cl)cc1)C2. The number of hydrogen-bond acceptors (Lipinski definition) is 5. The smallest absolute Gasteiger partial charge is 0.329 e. The van der Waals surface area contributed by atoms with Crippen molar-refractivity contribution in [2.24, 2.45) is 0 Å². The first kappa shape index (κ1) is 27.0. The Bertz CT molecular complexity index is 1600. The molecule has 0 spiro atoms. The van der Waals surface area contributed by atoms with Gasteiger partial charge in [0.05, 0.1) is 11.2 Å². The Kier molecular flexibility index (Phi) is 7.47. The largest absolute Gasteiger partial charge is 0.489 e. The van der Waals surface area contributed by atoms with Crippen molar-refractivity contribution >= 4 is 29.4 Å². The molecule has 0 saturated carbocycles. The zero-order valence-corrected chi connectivity index (χ0v) is 23.3. The fourth-order valence-corrected chi connectivity index (χ4v) is 5.62. The van der Waals surface area contributed by atoms with Crippen LogP contribution >= 0.6 is 11.6 Å². The van der Waals surface area contributed by atoms with Crippen molar-refractivity contribution in [2.45, 2.75) is 46.1 Å². The monoisotopic (exact) mass is 573 g/mol. The van der Waals surface area contributed by atoms with Crippen molar-refractivity contribution < 1.29 is 18.7 Å². The maximum absolute atomic E-state index is 14.0. The second-order valence-electron chi connectivity index (χ2n) is 10.2. The number of urea groups is 1. The second kappa shape index (κ2) is 11.3. The molecule has 3 aromatic carbocycles. The molecule has 10 heteroatoms. The van der Waals surface area contributed by atoms with Crippen molar-refractivity contribution in [3.63, 3.8) is 0 Å². The lowest BCUT2D eigenvalue weighted by Gasteiger charge is -2.27. The lowest BCUT2D eigenvalue weighted by Crippen LogP contribution is -2.50. The van der Waals surface area contributed by atoms with E-state index in [-0.39, 0.29) is 24.8 Å². The Morgan fingerprint density at radius 1 is 1.05 bits per heavy atom. The summed E-state index contributed by atoms with van der Waals surface area (Å²) in [6.45, 7) is 5.48. The zero-order valence-electron chi connectivity index (χ0n) is 22.6. The molecule has 210 valence electrons. The number of carbonyl (C=O) groups is 2. The molecule has 2 aliphatic heterocycles. The van der Waals surface area contributed by atoms with Crippen LogP contribution in [0.2, 0.25) is 5.02 Å². The number of aromatic nitrogens is 2. The molecule has 1 fully saturated rings. The summed E-state index contributed by atoms with van der Waals surface area (Å²) in [6, 6.07) is 18.4. The van der Waals surface area contributed by atoms with Gasteiger partial charge in [0.25, 0.3) is 0 Å². The molecule has 2 aliphatic rings. The molecule has 4 aromatic rings. The molecule has 0 bridgehead atoms. The van der Waals surface area contributed by atoms with Crippen molar-refractivity contribution in [3.05, 3.63) is 100.0 Å². The number of benzene rings is 3. The number of rotatable bonds is 8. The minimum atomic E-state index is -0.416. The van der Waals surface area contributed by atoms with E-state index in [9.17, 15) is 14.0 Å². The van der Waals surface area contributed by atoms with Gasteiger partial charge in [0.2, 0.25) is 5.91 Å². The lowest BCUT2D eigenvalue weighted by atomic mass is 10.1. The van der Waals surface area contributed by atoms with Crippen LogP contribution in [0, 0.1) is 5.82 Å². The van der Waals surface area contributed by atoms with Crippen LogP contribution in [0.4, 0.5) is 15.0 Å². The van der Waals surface area contributed by atoms with Crippen molar-refractivity contribution in [3.8, 4) is 17.1 Å². The topological polar surface area (TPSA) is 79.7 Å². The van der Waals surface area contributed by atoms with Crippen molar-refractivity contribution in [2.75, 3.05) is 11.4 Å². The number of nitrogens with zero attached hydrogens (tertiary/aromatic N) is 4. The molecule has 0 aliphatic carbocycles. The van der Waals surface area contributed by atoms with Gasteiger partial charge in [-0.15, -0.1) is 0 Å². The summed E-state index contributed by atoms with van der Waals surface area (Å²) in [5.41, 5.74) is 5.01. The van der Waals surface area contributed by atoms with Gasteiger partial charge >= 0.3 is 6.03 Å². The van der Waals surface area contributed by atoms with Crippen LogP contribution in [0.5, 0.6) is 5.75 Å². The first-order valence-electron chi connectivity index (χ1n) is 13.6. The fraction of sp³-hybridized carbons (Fsp3) is 0.258. The van der Waals surface area contributed by atoms with Gasteiger partial charge in [-0.2, -0.15) is 0 Å². The molecule has 1 saturated heterocycles. The van der Waals surface area contributed by atoms with Gasteiger partial charge in [-0.3, -0.25) is 19.9 Å². The Hall–Kier alpha value is -4.21. The van der Waals surface area contributed by atoms with E-state index in [0.717, 1.165) is 36.6 Å². The predicted octanol–water partition coefficient (Wildman–Crippen LogP) is 5.90. The van der Waals surface area contributed by atoms with Gasteiger partial charge in [0.1, 0.15) is 29.8 Å². The normalized spacial score (nSPS) is 15.2. The van der Waals surface area contributed by atoms with Gasteiger partial charge in [0.15, 0.2) is 0 Å². The molecule has 6 rings (SSSR count). The fourth-order valence-electron chi connectivity index (χ4n) is 5.40. The second-order valence-corrected chi connectivity index (χ2v) is 10.6. The third-order valence-corrected chi connectivity index (χ3v) is 7.86. The number of fused-ring (bicyclic) bond motifs is 1. The van der Waals surface area contributed by atoms with Crippen LogP contribution in [0.3, 0.4) is 0 Å². The van der Waals surface area contributed by atoms with Gasteiger partial charge in [-0.05, 0) is 53.9 Å². The average molecular weight is 574 g/mol.